The van der Waals surface area contributed by atoms with Crippen LogP contribution in [0.4, 0.5) is 0 Å². The first kappa shape index (κ1) is 12.0. The summed E-state index contributed by atoms with van der Waals surface area (Å²) < 4.78 is 1.77. The zero-order valence-electron chi connectivity index (χ0n) is 8.46. The molecule has 0 aliphatic rings. The number of carbonyl (C=O) groups excluding carboxylic acids is 1. The summed E-state index contributed by atoms with van der Waals surface area (Å²) in [7, 11) is 0. The Morgan fingerprint density at radius 3 is 2.50 bits per heavy atom. The average Bonchev–Trinajstić information content (AvgIpc) is 2.64. The van der Waals surface area contributed by atoms with Crippen molar-refractivity contribution in [2.45, 2.75) is 6.92 Å². The van der Waals surface area contributed by atoms with Gasteiger partial charge in [0.25, 0.3) is 0 Å². The van der Waals surface area contributed by atoms with Gasteiger partial charge in [-0.2, -0.15) is 0 Å². The first-order chi connectivity index (χ1) is 7.58. The maximum absolute atomic E-state index is 12.2. The fraction of sp³-hybridized carbons (Fsp3) is 0.0833. The SMILES string of the molecule is Cc1ccc(C(=O)c2ccc(Br)cc2Br)s1. The standard InChI is InChI=1S/C12H8Br2OS/c1-7-2-5-11(16-7)12(15)9-4-3-8(13)6-10(9)14/h2-6H,1H3. The van der Waals surface area contributed by atoms with Crippen molar-refractivity contribution in [2.24, 2.45) is 0 Å². The summed E-state index contributed by atoms with van der Waals surface area (Å²) in [5.74, 6) is 0.0671. The zero-order chi connectivity index (χ0) is 11.7. The monoisotopic (exact) mass is 358 g/mol. The Hall–Kier alpha value is -0.450. The van der Waals surface area contributed by atoms with Crippen molar-refractivity contribution in [2.75, 3.05) is 0 Å². The number of benzene rings is 1. The van der Waals surface area contributed by atoms with Gasteiger partial charge in [-0.25, -0.2) is 0 Å². The number of thiophene rings is 1. The molecule has 0 radical (unpaired) electrons. The Morgan fingerprint density at radius 2 is 1.94 bits per heavy atom. The third-order valence-corrected chi connectivity index (χ3v) is 4.29. The molecule has 1 heterocycles. The van der Waals surface area contributed by atoms with Crippen molar-refractivity contribution in [1.82, 2.24) is 0 Å². The van der Waals surface area contributed by atoms with Gasteiger partial charge in [0.15, 0.2) is 0 Å². The molecule has 0 saturated heterocycles. The Morgan fingerprint density at radius 1 is 1.19 bits per heavy atom. The highest BCUT2D eigenvalue weighted by Crippen LogP contribution is 2.26. The minimum Gasteiger partial charge on any atom is -0.288 e. The topological polar surface area (TPSA) is 17.1 Å². The van der Waals surface area contributed by atoms with Crippen LogP contribution in [0.2, 0.25) is 0 Å². The Labute approximate surface area is 115 Å². The van der Waals surface area contributed by atoms with Gasteiger partial charge in [-0.1, -0.05) is 15.9 Å². The molecule has 1 aromatic carbocycles. The summed E-state index contributed by atoms with van der Waals surface area (Å²) in [6.45, 7) is 2.00. The third-order valence-electron chi connectivity index (χ3n) is 2.14. The van der Waals surface area contributed by atoms with Crippen molar-refractivity contribution < 1.29 is 4.79 Å². The molecule has 0 unspecified atom stereocenters. The summed E-state index contributed by atoms with van der Waals surface area (Å²) in [4.78, 5) is 14.1. The van der Waals surface area contributed by atoms with Crippen LogP contribution in [0.15, 0.2) is 39.3 Å². The fourth-order valence-corrected chi connectivity index (χ4v) is 3.41. The molecule has 0 aliphatic heterocycles. The summed E-state index contributed by atoms with van der Waals surface area (Å²) >= 11 is 8.29. The molecule has 0 N–H and O–H groups in total. The number of aryl methyl sites for hydroxylation is 1. The lowest BCUT2D eigenvalue weighted by molar-refractivity contribution is 0.104. The molecule has 0 saturated carbocycles. The lowest BCUT2D eigenvalue weighted by atomic mass is 10.1. The summed E-state index contributed by atoms with van der Waals surface area (Å²) in [5.41, 5.74) is 0.699. The highest BCUT2D eigenvalue weighted by Gasteiger charge is 2.14. The van der Waals surface area contributed by atoms with E-state index in [4.69, 9.17) is 0 Å². The molecule has 0 atom stereocenters. The Balaban J connectivity index is 2.41. The van der Waals surface area contributed by atoms with Crippen LogP contribution in [0.3, 0.4) is 0 Å². The highest BCUT2D eigenvalue weighted by molar-refractivity contribution is 9.11. The molecule has 0 bridgehead atoms. The molecule has 2 aromatic rings. The maximum Gasteiger partial charge on any atom is 0.204 e. The highest BCUT2D eigenvalue weighted by atomic mass is 79.9. The van der Waals surface area contributed by atoms with E-state index in [0.717, 1.165) is 18.7 Å². The molecule has 1 aromatic heterocycles. The normalized spacial score (nSPS) is 10.4. The minimum atomic E-state index is 0.0671. The number of ketones is 1. The van der Waals surface area contributed by atoms with E-state index in [1.807, 2.05) is 37.3 Å². The zero-order valence-corrected chi connectivity index (χ0v) is 12.4. The second-order valence-corrected chi connectivity index (χ2v) is 6.42. The molecule has 1 nitrogen and oxygen atoms in total. The molecule has 2 rings (SSSR count). The molecule has 0 amide bonds. The van der Waals surface area contributed by atoms with E-state index < -0.39 is 0 Å². The molecule has 16 heavy (non-hydrogen) atoms. The van der Waals surface area contributed by atoms with Crippen molar-refractivity contribution >= 4 is 49.0 Å². The second-order valence-electron chi connectivity index (χ2n) is 3.36. The maximum atomic E-state index is 12.2. The van der Waals surface area contributed by atoms with Crippen molar-refractivity contribution in [1.29, 1.82) is 0 Å². The quantitative estimate of drug-likeness (QED) is 0.703. The molecule has 4 heteroatoms. The van der Waals surface area contributed by atoms with Crippen LogP contribution in [0.1, 0.15) is 20.1 Å². The van der Waals surface area contributed by atoms with Crippen LogP contribution in [0.5, 0.6) is 0 Å². The van der Waals surface area contributed by atoms with Crippen molar-refractivity contribution in [3.8, 4) is 0 Å². The van der Waals surface area contributed by atoms with E-state index in [-0.39, 0.29) is 5.78 Å². The van der Waals surface area contributed by atoms with Gasteiger partial charge < -0.3 is 0 Å². The first-order valence-electron chi connectivity index (χ1n) is 4.64. The van der Waals surface area contributed by atoms with Crippen LogP contribution >= 0.6 is 43.2 Å². The molecule has 82 valence electrons. The van der Waals surface area contributed by atoms with Gasteiger partial charge in [-0.3, -0.25) is 4.79 Å². The lowest BCUT2D eigenvalue weighted by Crippen LogP contribution is -1.99. The summed E-state index contributed by atoms with van der Waals surface area (Å²) in [5, 5.41) is 0. The van der Waals surface area contributed by atoms with Crippen LogP contribution in [0.25, 0.3) is 0 Å². The van der Waals surface area contributed by atoms with Crippen LogP contribution in [-0.2, 0) is 0 Å². The smallest absolute Gasteiger partial charge is 0.204 e. The lowest BCUT2D eigenvalue weighted by Gasteiger charge is -2.02. The van der Waals surface area contributed by atoms with E-state index >= 15 is 0 Å². The van der Waals surface area contributed by atoms with Gasteiger partial charge in [0, 0.05) is 19.4 Å². The fourth-order valence-electron chi connectivity index (χ4n) is 1.36. The number of hydrogen-bond acceptors (Lipinski definition) is 2. The molecule has 0 spiro atoms. The van der Waals surface area contributed by atoms with E-state index in [2.05, 4.69) is 31.9 Å². The predicted molar refractivity (Wildman–Crippen MR) is 74.3 cm³/mol. The van der Waals surface area contributed by atoms with Gasteiger partial charge in [-0.05, 0) is 53.2 Å². The van der Waals surface area contributed by atoms with E-state index in [9.17, 15) is 4.79 Å². The Kier molecular flexibility index (Phi) is 3.62. The van der Waals surface area contributed by atoms with Gasteiger partial charge in [0.1, 0.15) is 0 Å². The van der Waals surface area contributed by atoms with E-state index in [0.29, 0.717) is 5.56 Å². The van der Waals surface area contributed by atoms with E-state index in [1.165, 1.54) is 11.3 Å². The number of carbonyl (C=O) groups is 1. The second kappa shape index (κ2) is 4.82. The largest absolute Gasteiger partial charge is 0.288 e. The average molecular weight is 360 g/mol. The molecule has 0 fully saturated rings. The summed E-state index contributed by atoms with van der Waals surface area (Å²) in [6, 6.07) is 9.42. The number of halogens is 2. The van der Waals surface area contributed by atoms with Gasteiger partial charge in [0.05, 0.1) is 4.88 Å². The van der Waals surface area contributed by atoms with Crippen molar-refractivity contribution in [3.63, 3.8) is 0 Å². The van der Waals surface area contributed by atoms with Crippen molar-refractivity contribution in [3.05, 3.63) is 54.6 Å². The van der Waals surface area contributed by atoms with Gasteiger partial charge >= 0.3 is 0 Å². The van der Waals surface area contributed by atoms with Crippen LogP contribution < -0.4 is 0 Å². The number of hydrogen-bond donors (Lipinski definition) is 0. The van der Waals surface area contributed by atoms with E-state index in [1.54, 1.807) is 0 Å². The summed E-state index contributed by atoms with van der Waals surface area (Å²) in [6.07, 6.45) is 0. The Bertz CT molecular complexity index is 546. The first-order valence-corrected chi connectivity index (χ1v) is 7.04. The molecular weight excluding hydrogens is 352 g/mol. The van der Waals surface area contributed by atoms with Crippen LogP contribution in [-0.4, -0.2) is 5.78 Å². The number of rotatable bonds is 2. The minimum absolute atomic E-state index is 0.0671. The molecule has 0 aliphatic carbocycles. The third kappa shape index (κ3) is 2.44. The van der Waals surface area contributed by atoms with Gasteiger partial charge in [-0.15, -0.1) is 11.3 Å². The van der Waals surface area contributed by atoms with Crippen LogP contribution in [0, 0.1) is 6.92 Å². The molecular formula is C12H8Br2OS. The predicted octanol–water partition coefficient (Wildman–Crippen LogP) is 4.81. The van der Waals surface area contributed by atoms with Gasteiger partial charge in [0.2, 0.25) is 5.78 Å².